The van der Waals surface area contributed by atoms with E-state index in [2.05, 4.69) is 5.32 Å². The van der Waals surface area contributed by atoms with Crippen LogP contribution in [-0.2, 0) is 9.59 Å². The fourth-order valence-corrected chi connectivity index (χ4v) is 2.69. The van der Waals surface area contributed by atoms with Gasteiger partial charge in [-0.1, -0.05) is 12.1 Å². The Bertz CT molecular complexity index is 852. The maximum absolute atomic E-state index is 13.6. The molecule has 1 heterocycles. The number of rotatable bonds is 3. The maximum Gasteiger partial charge on any atom is 0.265 e. The number of halogens is 2. The molecule has 0 fully saturated rings. The fraction of sp³-hybridized carbons (Fsp3) is 0.222. The summed E-state index contributed by atoms with van der Waals surface area (Å²) >= 11 is 0. The molecule has 2 aromatic carbocycles. The van der Waals surface area contributed by atoms with Gasteiger partial charge in [-0.05, 0) is 38.1 Å². The largest absolute Gasteiger partial charge is 0.481 e. The van der Waals surface area contributed by atoms with Crippen molar-refractivity contribution in [3.05, 3.63) is 54.1 Å². The number of anilines is 2. The molecule has 0 aliphatic carbocycles. The van der Waals surface area contributed by atoms with Gasteiger partial charge in [0.15, 0.2) is 18.2 Å². The molecule has 1 aliphatic rings. The van der Waals surface area contributed by atoms with Crippen LogP contribution in [0.5, 0.6) is 5.75 Å². The van der Waals surface area contributed by atoms with Gasteiger partial charge in [0.2, 0.25) is 5.91 Å². The van der Waals surface area contributed by atoms with Crippen molar-refractivity contribution in [3.8, 4) is 5.75 Å². The molecule has 0 unspecified atom stereocenters. The number of carbonyl (C=O) groups excluding carboxylic acids is 2. The third-order valence-electron chi connectivity index (χ3n) is 4.00. The number of ether oxygens (including phenoxy) is 1. The van der Waals surface area contributed by atoms with Gasteiger partial charge in [0.05, 0.1) is 11.4 Å². The van der Waals surface area contributed by atoms with Gasteiger partial charge >= 0.3 is 0 Å². The van der Waals surface area contributed by atoms with E-state index in [0.29, 0.717) is 17.4 Å². The lowest BCUT2D eigenvalue weighted by Gasteiger charge is -2.41. The number of nitrogens with zero attached hydrogens (tertiary/aromatic N) is 1. The summed E-state index contributed by atoms with van der Waals surface area (Å²) in [6, 6.07) is 9.69. The minimum absolute atomic E-state index is 0.234. The van der Waals surface area contributed by atoms with Gasteiger partial charge in [-0.15, -0.1) is 0 Å². The second kappa shape index (κ2) is 6.16. The lowest BCUT2D eigenvalue weighted by molar-refractivity contribution is -0.127. The number of para-hydroxylation sites is 2. The van der Waals surface area contributed by atoms with E-state index >= 15 is 0 Å². The highest BCUT2D eigenvalue weighted by molar-refractivity contribution is 6.14. The van der Waals surface area contributed by atoms with Crippen LogP contribution in [0.1, 0.15) is 13.8 Å². The van der Waals surface area contributed by atoms with Crippen molar-refractivity contribution in [2.24, 2.45) is 0 Å². The Labute approximate surface area is 143 Å². The third-order valence-corrected chi connectivity index (χ3v) is 4.00. The fourth-order valence-electron chi connectivity index (χ4n) is 2.69. The SMILES string of the molecule is CC1(C)C(=O)Nc2ccccc2N1C(=O)COc1ccc(F)cc1F. The monoisotopic (exact) mass is 346 g/mol. The van der Waals surface area contributed by atoms with Crippen LogP contribution in [0.2, 0.25) is 0 Å². The van der Waals surface area contributed by atoms with Crippen LogP contribution >= 0.6 is 0 Å². The van der Waals surface area contributed by atoms with E-state index in [1.807, 2.05) is 0 Å². The predicted molar refractivity (Wildman–Crippen MR) is 88.5 cm³/mol. The molecule has 1 aliphatic heterocycles. The number of hydrogen-bond acceptors (Lipinski definition) is 3. The van der Waals surface area contributed by atoms with Gasteiger partial charge in [0.1, 0.15) is 11.4 Å². The number of hydrogen-bond donors (Lipinski definition) is 1. The highest BCUT2D eigenvalue weighted by atomic mass is 19.1. The van der Waals surface area contributed by atoms with Crippen LogP contribution in [-0.4, -0.2) is 24.0 Å². The van der Waals surface area contributed by atoms with Crippen molar-refractivity contribution in [3.63, 3.8) is 0 Å². The summed E-state index contributed by atoms with van der Waals surface area (Å²) in [4.78, 5) is 26.3. The zero-order valence-corrected chi connectivity index (χ0v) is 13.7. The Kier molecular flexibility index (Phi) is 4.16. The highest BCUT2D eigenvalue weighted by Crippen LogP contribution is 2.36. The van der Waals surface area contributed by atoms with Crippen LogP contribution < -0.4 is 15.0 Å². The standard InChI is InChI=1S/C18H16F2N2O3/c1-18(2)17(24)21-13-5-3-4-6-14(13)22(18)16(23)10-25-15-8-7-11(19)9-12(15)20/h3-9H,10H2,1-2H3,(H,21,24). The van der Waals surface area contributed by atoms with Gasteiger partial charge < -0.3 is 10.1 Å². The van der Waals surface area contributed by atoms with Gasteiger partial charge in [-0.2, -0.15) is 0 Å². The van der Waals surface area contributed by atoms with E-state index in [1.54, 1.807) is 38.1 Å². The molecule has 0 bridgehead atoms. The van der Waals surface area contributed by atoms with Gasteiger partial charge in [-0.3, -0.25) is 14.5 Å². The van der Waals surface area contributed by atoms with Crippen LogP contribution in [0.25, 0.3) is 0 Å². The highest BCUT2D eigenvalue weighted by Gasteiger charge is 2.43. The van der Waals surface area contributed by atoms with Crippen molar-refractivity contribution >= 4 is 23.2 Å². The normalized spacial score (nSPS) is 15.4. The summed E-state index contributed by atoms with van der Waals surface area (Å²) in [6.45, 7) is 2.72. The summed E-state index contributed by atoms with van der Waals surface area (Å²) in [6.07, 6.45) is 0. The Morgan fingerprint density at radius 3 is 2.64 bits per heavy atom. The van der Waals surface area contributed by atoms with Crippen molar-refractivity contribution in [2.45, 2.75) is 19.4 Å². The quantitative estimate of drug-likeness (QED) is 0.929. The lowest BCUT2D eigenvalue weighted by atomic mass is 9.96. The van der Waals surface area contributed by atoms with E-state index in [-0.39, 0.29) is 11.7 Å². The summed E-state index contributed by atoms with van der Waals surface area (Å²) in [7, 11) is 0. The molecule has 7 heteroatoms. The minimum atomic E-state index is -1.14. The molecule has 25 heavy (non-hydrogen) atoms. The molecular weight excluding hydrogens is 330 g/mol. The van der Waals surface area contributed by atoms with Gasteiger partial charge in [-0.25, -0.2) is 8.78 Å². The molecule has 0 spiro atoms. The Morgan fingerprint density at radius 2 is 1.92 bits per heavy atom. The second-order valence-corrected chi connectivity index (χ2v) is 6.12. The van der Waals surface area contributed by atoms with Gasteiger partial charge in [0, 0.05) is 6.07 Å². The van der Waals surface area contributed by atoms with E-state index < -0.39 is 29.7 Å². The molecule has 2 amide bonds. The number of amides is 2. The summed E-state index contributed by atoms with van der Waals surface area (Å²) in [5, 5.41) is 2.75. The Balaban J connectivity index is 1.86. The first kappa shape index (κ1) is 16.9. The molecule has 0 saturated heterocycles. The summed E-state index contributed by atoms with van der Waals surface area (Å²) in [5.41, 5.74) is -0.107. The van der Waals surface area contributed by atoms with E-state index in [1.165, 1.54) is 4.90 Å². The topological polar surface area (TPSA) is 58.6 Å². The zero-order chi connectivity index (χ0) is 18.2. The summed E-state index contributed by atoms with van der Waals surface area (Å²) in [5.74, 6) is -2.73. The number of fused-ring (bicyclic) bond motifs is 1. The molecule has 5 nitrogen and oxygen atoms in total. The molecule has 0 radical (unpaired) electrons. The average Bonchev–Trinajstić information content (AvgIpc) is 2.54. The molecule has 1 N–H and O–H groups in total. The van der Waals surface area contributed by atoms with Crippen LogP contribution in [0.15, 0.2) is 42.5 Å². The van der Waals surface area contributed by atoms with E-state index in [4.69, 9.17) is 4.74 Å². The minimum Gasteiger partial charge on any atom is -0.481 e. The molecular formula is C18H16F2N2O3. The van der Waals surface area contributed by atoms with Crippen LogP contribution in [0, 0.1) is 11.6 Å². The average molecular weight is 346 g/mol. The molecule has 0 atom stereocenters. The van der Waals surface area contributed by atoms with Gasteiger partial charge in [0.25, 0.3) is 5.91 Å². The number of nitrogens with one attached hydrogen (secondary N) is 1. The van der Waals surface area contributed by atoms with Crippen molar-refractivity contribution < 1.29 is 23.1 Å². The third kappa shape index (κ3) is 3.05. The summed E-state index contributed by atoms with van der Waals surface area (Å²) < 4.78 is 31.8. The van der Waals surface area contributed by atoms with Crippen LogP contribution in [0.3, 0.4) is 0 Å². The van der Waals surface area contributed by atoms with Crippen molar-refractivity contribution in [1.82, 2.24) is 0 Å². The second-order valence-electron chi connectivity index (χ2n) is 6.12. The van der Waals surface area contributed by atoms with E-state index in [0.717, 1.165) is 12.1 Å². The lowest BCUT2D eigenvalue weighted by Crippen LogP contribution is -2.59. The molecule has 0 aromatic heterocycles. The maximum atomic E-state index is 13.6. The molecule has 0 saturated carbocycles. The van der Waals surface area contributed by atoms with Crippen LogP contribution in [0.4, 0.5) is 20.2 Å². The first-order valence-corrected chi connectivity index (χ1v) is 7.62. The zero-order valence-electron chi connectivity index (χ0n) is 13.7. The Morgan fingerprint density at radius 1 is 1.20 bits per heavy atom. The number of benzene rings is 2. The van der Waals surface area contributed by atoms with Crippen molar-refractivity contribution in [2.75, 3.05) is 16.8 Å². The number of carbonyl (C=O) groups is 2. The first-order valence-electron chi connectivity index (χ1n) is 7.62. The molecule has 2 aromatic rings. The van der Waals surface area contributed by atoms with Crippen molar-refractivity contribution in [1.29, 1.82) is 0 Å². The first-order chi connectivity index (χ1) is 11.8. The smallest absolute Gasteiger partial charge is 0.265 e. The Hall–Kier alpha value is -2.96. The van der Waals surface area contributed by atoms with E-state index in [9.17, 15) is 18.4 Å². The molecule has 130 valence electrons. The predicted octanol–water partition coefficient (Wildman–Crippen LogP) is 3.11. The molecule has 3 rings (SSSR count).